The average molecular weight is 275 g/mol. The molecule has 0 aliphatic carbocycles. The molecule has 0 aliphatic rings. The van der Waals surface area contributed by atoms with Gasteiger partial charge in [0.1, 0.15) is 0 Å². The van der Waals surface area contributed by atoms with E-state index in [4.69, 9.17) is 5.73 Å². The highest BCUT2D eigenvalue weighted by molar-refractivity contribution is 7.99. The number of hydrogen-bond acceptors (Lipinski definition) is 3. The fourth-order valence-corrected chi connectivity index (χ4v) is 2.90. The molecule has 19 heavy (non-hydrogen) atoms. The summed E-state index contributed by atoms with van der Waals surface area (Å²) >= 11 is 1.83. The van der Waals surface area contributed by atoms with Crippen LogP contribution in [0.2, 0.25) is 0 Å². The van der Waals surface area contributed by atoms with Crippen molar-refractivity contribution in [3.63, 3.8) is 0 Å². The van der Waals surface area contributed by atoms with Crippen LogP contribution in [-0.4, -0.2) is 23.0 Å². The maximum Gasteiger partial charge on any atom is 0.0741 e. The Hall–Kier alpha value is -1.03. The van der Waals surface area contributed by atoms with E-state index in [2.05, 4.69) is 42.5 Å². The van der Waals surface area contributed by atoms with Crippen LogP contribution in [0.1, 0.15) is 19.8 Å². The van der Waals surface area contributed by atoms with Crippen LogP contribution in [0.5, 0.6) is 0 Å². The molecule has 102 valence electrons. The van der Waals surface area contributed by atoms with Gasteiger partial charge in [-0.2, -0.15) is 0 Å². The summed E-state index contributed by atoms with van der Waals surface area (Å²) in [6.07, 6.45) is 1.73. The Labute approximate surface area is 119 Å². The molecule has 0 fully saturated rings. The fourth-order valence-electron chi connectivity index (χ4n) is 2.00. The maximum absolute atomic E-state index is 9.83. The largest absolute Gasteiger partial charge is 0.389 e. The Morgan fingerprint density at radius 2 is 1.89 bits per heavy atom. The maximum atomic E-state index is 9.83. The summed E-state index contributed by atoms with van der Waals surface area (Å²) in [6.45, 7) is 2.13. The molecule has 0 aliphatic heterocycles. The van der Waals surface area contributed by atoms with Gasteiger partial charge in [-0.3, -0.25) is 0 Å². The quantitative estimate of drug-likeness (QED) is 0.627. The van der Waals surface area contributed by atoms with Gasteiger partial charge in [-0.05, 0) is 48.4 Å². The van der Waals surface area contributed by atoms with Crippen molar-refractivity contribution in [1.29, 1.82) is 0 Å². The topological polar surface area (TPSA) is 46.2 Å². The van der Waals surface area contributed by atoms with E-state index in [-0.39, 0.29) is 0 Å². The van der Waals surface area contributed by atoms with Gasteiger partial charge in [0.15, 0.2) is 0 Å². The highest BCUT2D eigenvalue weighted by Gasteiger charge is 2.16. The third kappa shape index (κ3) is 4.23. The van der Waals surface area contributed by atoms with Crippen molar-refractivity contribution < 1.29 is 5.11 Å². The van der Waals surface area contributed by atoms with Crippen LogP contribution in [0.15, 0.2) is 47.4 Å². The lowest BCUT2D eigenvalue weighted by Gasteiger charge is -2.20. The predicted octanol–water partition coefficient (Wildman–Crippen LogP) is 3.42. The molecule has 3 N–H and O–H groups in total. The SMILES string of the molecule is CC(O)(CN)CCCSc1ccc2ccccc2c1. The van der Waals surface area contributed by atoms with Gasteiger partial charge in [-0.15, -0.1) is 11.8 Å². The summed E-state index contributed by atoms with van der Waals surface area (Å²) in [5.41, 5.74) is 4.79. The van der Waals surface area contributed by atoms with E-state index in [0.29, 0.717) is 6.54 Å². The predicted molar refractivity (Wildman–Crippen MR) is 83.6 cm³/mol. The van der Waals surface area contributed by atoms with E-state index >= 15 is 0 Å². The Morgan fingerprint density at radius 1 is 1.16 bits per heavy atom. The molecule has 1 atom stereocenters. The normalized spacial score (nSPS) is 14.5. The molecule has 0 spiro atoms. The lowest BCUT2D eigenvalue weighted by molar-refractivity contribution is 0.0596. The zero-order valence-electron chi connectivity index (χ0n) is 11.3. The molecular weight excluding hydrogens is 254 g/mol. The molecule has 0 heterocycles. The van der Waals surface area contributed by atoms with Gasteiger partial charge in [0, 0.05) is 11.4 Å². The van der Waals surface area contributed by atoms with Crippen LogP contribution in [0.4, 0.5) is 0 Å². The summed E-state index contributed by atoms with van der Waals surface area (Å²) in [5, 5.41) is 12.4. The molecule has 0 saturated heterocycles. The van der Waals surface area contributed by atoms with E-state index in [1.54, 1.807) is 6.92 Å². The highest BCUT2D eigenvalue weighted by Crippen LogP contribution is 2.25. The van der Waals surface area contributed by atoms with Gasteiger partial charge in [0.2, 0.25) is 0 Å². The fraction of sp³-hybridized carbons (Fsp3) is 0.375. The molecule has 2 aromatic carbocycles. The van der Waals surface area contributed by atoms with Gasteiger partial charge in [0.25, 0.3) is 0 Å². The third-order valence-corrected chi connectivity index (χ3v) is 4.37. The Bertz CT molecular complexity index is 539. The van der Waals surface area contributed by atoms with Gasteiger partial charge < -0.3 is 10.8 Å². The number of fused-ring (bicyclic) bond motifs is 1. The molecule has 3 heteroatoms. The van der Waals surface area contributed by atoms with Crippen LogP contribution in [0, 0.1) is 0 Å². The third-order valence-electron chi connectivity index (χ3n) is 3.29. The smallest absolute Gasteiger partial charge is 0.0741 e. The van der Waals surface area contributed by atoms with Crippen molar-refractivity contribution in [1.82, 2.24) is 0 Å². The number of nitrogens with two attached hydrogens (primary N) is 1. The van der Waals surface area contributed by atoms with Crippen molar-refractivity contribution in [2.45, 2.75) is 30.3 Å². The van der Waals surface area contributed by atoms with Crippen molar-refractivity contribution >= 4 is 22.5 Å². The van der Waals surface area contributed by atoms with Gasteiger partial charge in [0.05, 0.1) is 5.60 Å². The van der Waals surface area contributed by atoms with Crippen molar-refractivity contribution in [2.75, 3.05) is 12.3 Å². The second kappa shape index (κ2) is 6.42. The summed E-state index contributed by atoms with van der Waals surface area (Å²) in [4.78, 5) is 1.28. The monoisotopic (exact) mass is 275 g/mol. The first-order valence-corrected chi connectivity index (χ1v) is 7.63. The van der Waals surface area contributed by atoms with Gasteiger partial charge in [-0.1, -0.05) is 30.3 Å². The van der Waals surface area contributed by atoms with Gasteiger partial charge >= 0.3 is 0 Å². The number of hydrogen-bond donors (Lipinski definition) is 2. The summed E-state index contributed by atoms with van der Waals surface area (Å²) in [7, 11) is 0. The first-order valence-electron chi connectivity index (χ1n) is 6.65. The van der Waals surface area contributed by atoms with Crippen molar-refractivity contribution in [3.8, 4) is 0 Å². The summed E-state index contributed by atoms with van der Waals surface area (Å²) in [6, 6.07) is 14.9. The summed E-state index contributed by atoms with van der Waals surface area (Å²) < 4.78 is 0. The van der Waals surface area contributed by atoms with Crippen LogP contribution in [0.3, 0.4) is 0 Å². The number of aliphatic hydroxyl groups is 1. The lowest BCUT2D eigenvalue weighted by Crippen LogP contribution is -2.34. The molecule has 0 aromatic heterocycles. The van der Waals surface area contributed by atoms with E-state index in [0.717, 1.165) is 18.6 Å². The molecule has 2 rings (SSSR count). The van der Waals surface area contributed by atoms with E-state index in [1.165, 1.54) is 15.7 Å². The first kappa shape index (κ1) is 14.4. The van der Waals surface area contributed by atoms with Crippen LogP contribution < -0.4 is 5.73 Å². The van der Waals surface area contributed by atoms with E-state index < -0.39 is 5.60 Å². The van der Waals surface area contributed by atoms with E-state index in [9.17, 15) is 5.11 Å². The molecule has 2 aromatic rings. The average Bonchev–Trinajstić information content (AvgIpc) is 2.43. The minimum atomic E-state index is -0.718. The summed E-state index contributed by atoms with van der Waals surface area (Å²) in [5.74, 6) is 1.01. The van der Waals surface area contributed by atoms with Crippen molar-refractivity contribution in [2.24, 2.45) is 5.73 Å². The molecule has 1 unspecified atom stereocenters. The Balaban J connectivity index is 1.88. The van der Waals surface area contributed by atoms with Crippen LogP contribution in [-0.2, 0) is 0 Å². The van der Waals surface area contributed by atoms with Gasteiger partial charge in [-0.25, -0.2) is 0 Å². The zero-order valence-corrected chi connectivity index (χ0v) is 12.1. The minimum absolute atomic E-state index is 0.327. The molecule has 0 saturated carbocycles. The minimum Gasteiger partial charge on any atom is -0.389 e. The van der Waals surface area contributed by atoms with Crippen molar-refractivity contribution in [3.05, 3.63) is 42.5 Å². The molecule has 2 nitrogen and oxygen atoms in total. The number of thioether (sulfide) groups is 1. The molecule has 0 amide bonds. The van der Waals surface area contributed by atoms with Crippen LogP contribution >= 0.6 is 11.8 Å². The zero-order chi connectivity index (χ0) is 13.7. The lowest BCUT2D eigenvalue weighted by atomic mass is 10.0. The number of benzene rings is 2. The number of rotatable bonds is 6. The Kier molecular flexibility index (Phi) is 4.86. The second-order valence-electron chi connectivity index (χ2n) is 5.16. The molecular formula is C16H21NOS. The Morgan fingerprint density at radius 3 is 2.63 bits per heavy atom. The second-order valence-corrected chi connectivity index (χ2v) is 6.33. The van der Waals surface area contributed by atoms with Crippen LogP contribution in [0.25, 0.3) is 10.8 Å². The standard InChI is InChI=1S/C16H21NOS/c1-16(18,12-17)9-4-10-19-15-8-7-13-5-2-3-6-14(13)11-15/h2-3,5-8,11,18H,4,9-10,12,17H2,1H3. The molecule has 0 bridgehead atoms. The highest BCUT2D eigenvalue weighted by atomic mass is 32.2. The van der Waals surface area contributed by atoms with E-state index in [1.807, 2.05) is 11.8 Å². The first-order chi connectivity index (χ1) is 9.11. The molecule has 0 radical (unpaired) electrons.